The molecule has 0 saturated carbocycles. The molecule has 0 fully saturated rings. The molecule has 4 nitrogen and oxygen atoms in total. The fraction of sp³-hybridized carbons (Fsp3) is 0.391. The molecule has 148 valence electrons. The van der Waals surface area contributed by atoms with Gasteiger partial charge in [0.05, 0.1) is 42.8 Å². The number of hydrogen-bond donors (Lipinski definition) is 1. The quantitative estimate of drug-likeness (QED) is 0.634. The number of aryl methyl sites for hydroxylation is 2. The van der Waals surface area contributed by atoms with Crippen LogP contribution >= 0.6 is 11.3 Å². The Morgan fingerprint density at radius 1 is 1.07 bits per heavy atom. The van der Waals surface area contributed by atoms with Crippen molar-refractivity contribution < 1.29 is 9.69 Å². The van der Waals surface area contributed by atoms with Crippen molar-refractivity contribution in [3.8, 4) is 0 Å². The normalized spacial score (nSPS) is 11.3. The average molecular weight is 397 g/mol. The van der Waals surface area contributed by atoms with Gasteiger partial charge in [-0.05, 0) is 50.5 Å². The van der Waals surface area contributed by atoms with E-state index in [-0.39, 0.29) is 5.91 Å². The van der Waals surface area contributed by atoms with Crippen LogP contribution in [0.5, 0.6) is 0 Å². The van der Waals surface area contributed by atoms with E-state index in [2.05, 4.69) is 39.8 Å². The molecular formula is C23H30N3OS+. The van der Waals surface area contributed by atoms with Gasteiger partial charge in [0.15, 0.2) is 5.13 Å². The molecule has 3 rings (SSSR count). The lowest BCUT2D eigenvalue weighted by Crippen LogP contribution is -3.12. The Bertz CT molecular complexity index is 932. The molecule has 0 aliphatic heterocycles. The molecule has 0 spiro atoms. The molecule has 3 aromatic rings. The third-order valence-corrected chi connectivity index (χ3v) is 6.54. The summed E-state index contributed by atoms with van der Waals surface area (Å²) in [5.74, 6) is 0.117. The summed E-state index contributed by atoms with van der Waals surface area (Å²) in [4.78, 5) is 21.5. The van der Waals surface area contributed by atoms with E-state index in [4.69, 9.17) is 4.98 Å². The minimum Gasteiger partial charge on any atom is -0.334 e. The van der Waals surface area contributed by atoms with E-state index in [0.29, 0.717) is 13.0 Å². The number of benzene rings is 2. The fourth-order valence-electron chi connectivity index (χ4n) is 3.40. The Kier molecular flexibility index (Phi) is 6.81. The summed E-state index contributed by atoms with van der Waals surface area (Å²) in [6.07, 6.45) is 0.405. The predicted molar refractivity (Wildman–Crippen MR) is 119 cm³/mol. The van der Waals surface area contributed by atoms with Crippen molar-refractivity contribution in [2.75, 3.05) is 31.1 Å². The number of fused-ring (bicyclic) bond motifs is 1. The van der Waals surface area contributed by atoms with E-state index in [9.17, 15) is 4.79 Å². The maximum atomic E-state index is 13.2. The number of quaternary nitrogens is 1. The van der Waals surface area contributed by atoms with Crippen LogP contribution in [0.4, 0.5) is 5.13 Å². The van der Waals surface area contributed by atoms with E-state index < -0.39 is 0 Å². The first-order chi connectivity index (χ1) is 13.5. The topological polar surface area (TPSA) is 37.6 Å². The molecule has 0 atom stereocenters. The van der Waals surface area contributed by atoms with Crippen molar-refractivity contribution in [3.63, 3.8) is 0 Å². The smallest absolute Gasteiger partial charge is 0.233 e. The third kappa shape index (κ3) is 4.59. The summed E-state index contributed by atoms with van der Waals surface area (Å²) in [5, 5.41) is 0.816. The van der Waals surface area contributed by atoms with Crippen LogP contribution in [0.1, 0.15) is 30.5 Å². The maximum absolute atomic E-state index is 13.2. The highest BCUT2D eigenvalue weighted by atomic mass is 32.1. The van der Waals surface area contributed by atoms with Crippen LogP contribution in [-0.2, 0) is 11.2 Å². The number of likely N-dealkylation sites (N-methyl/N-ethyl adjacent to an activating group) is 1. The zero-order valence-corrected chi connectivity index (χ0v) is 18.1. The summed E-state index contributed by atoms with van der Waals surface area (Å²) in [6, 6.07) is 14.2. The zero-order valence-electron chi connectivity index (χ0n) is 17.3. The van der Waals surface area contributed by atoms with Crippen LogP contribution in [0.2, 0.25) is 0 Å². The number of anilines is 1. The standard InChI is InChI=1S/C23H29N3OS/c1-5-25(6-2)14-15-26(21(27)16-19-10-8-7-9-11-19)23-24-22-18(4)17(3)12-13-20(22)28-23/h7-13H,5-6,14-16H2,1-4H3/p+1. The van der Waals surface area contributed by atoms with Crippen molar-refractivity contribution in [1.82, 2.24) is 4.98 Å². The molecule has 2 aromatic carbocycles. The van der Waals surface area contributed by atoms with Gasteiger partial charge >= 0.3 is 0 Å². The first kappa shape index (κ1) is 20.5. The number of thiazole rings is 1. The number of nitrogens with zero attached hydrogens (tertiary/aromatic N) is 2. The van der Waals surface area contributed by atoms with Crippen LogP contribution in [0.15, 0.2) is 42.5 Å². The van der Waals surface area contributed by atoms with Crippen LogP contribution in [-0.4, -0.2) is 37.1 Å². The summed E-state index contributed by atoms with van der Waals surface area (Å²) >= 11 is 1.62. The Morgan fingerprint density at radius 2 is 1.79 bits per heavy atom. The van der Waals surface area contributed by atoms with E-state index in [1.807, 2.05) is 35.2 Å². The van der Waals surface area contributed by atoms with Gasteiger partial charge in [-0.15, -0.1) is 0 Å². The number of carbonyl (C=O) groups excluding carboxylic acids is 1. The lowest BCUT2D eigenvalue weighted by Gasteiger charge is -2.23. The number of carbonyl (C=O) groups is 1. The van der Waals surface area contributed by atoms with E-state index in [1.165, 1.54) is 16.0 Å². The second kappa shape index (κ2) is 9.30. The summed E-state index contributed by atoms with van der Waals surface area (Å²) < 4.78 is 1.14. The maximum Gasteiger partial charge on any atom is 0.233 e. The Labute approximate surface area is 171 Å². The first-order valence-corrected chi connectivity index (χ1v) is 10.9. The van der Waals surface area contributed by atoms with Crippen LogP contribution in [0.25, 0.3) is 10.2 Å². The molecular weight excluding hydrogens is 366 g/mol. The van der Waals surface area contributed by atoms with Gasteiger partial charge in [0.25, 0.3) is 0 Å². The number of aromatic nitrogens is 1. The molecule has 0 unspecified atom stereocenters. The number of hydrogen-bond acceptors (Lipinski definition) is 3. The first-order valence-electron chi connectivity index (χ1n) is 10.1. The molecule has 0 aliphatic rings. The highest BCUT2D eigenvalue weighted by molar-refractivity contribution is 7.22. The van der Waals surface area contributed by atoms with Gasteiger partial charge in [-0.3, -0.25) is 9.69 Å². The monoisotopic (exact) mass is 396 g/mol. The highest BCUT2D eigenvalue weighted by Crippen LogP contribution is 2.32. The number of amides is 1. The van der Waals surface area contributed by atoms with Crippen molar-refractivity contribution in [2.24, 2.45) is 0 Å². The molecule has 0 radical (unpaired) electrons. The van der Waals surface area contributed by atoms with Gasteiger partial charge < -0.3 is 4.90 Å². The van der Waals surface area contributed by atoms with E-state index in [0.717, 1.165) is 40.5 Å². The molecule has 0 bridgehead atoms. The third-order valence-electron chi connectivity index (χ3n) is 5.49. The van der Waals surface area contributed by atoms with Crippen LogP contribution < -0.4 is 9.80 Å². The summed E-state index contributed by atoms with van der Waals surface area (Å²) in [6.45, 7) is 12.4. The Balaban J connectivity index is 1.91. The van der Waals surface area contributed by atoms with E-state index in [1.54, 1.807) is 11.3 Å². The molecule has 1 heterocycles. The fourth-order valence-corrected chi connectivity index (χ4v) is 4.46. The van der Waals surface area contributed by atoms with Gasteiger partial charge in [-0.2, -0.15) is 0 Å². The molecule has 28 heavy (non-hydrogen) atoms. The van der Waals surface area contributed by atoms with Crippen molar-refractivity contribution in [1.29, 1.82) is 0 Å². The lowest BCUT2D eigenvalue weighted by atomic mass is 10.1. The summed E-state index contributed by atoms with van der Waals surface area (Å²) in [5.41, 5.74) is 4.50. The van der Waals surface area contributed by atoms with E-state index >= 15 is 0 Å². The van der Waals surface area contributed by atoms with Gasteiger partial charge in [-0.1, -0.05) is 47.7 Å². The second-order valence-corrected chi connectivity index (χ2v) is 8.27. The minimum absolute atomic E-state index is 0.117. The molecule has 0 saturated heterocycles. The van der Waals surface area contributed by atoms with Gasteiger partial charge in [0, 0.05) is 0 Å². The predicted octanol–water partition coefficient (Wildman–Crippen LogP) is 3.41. The van der Waals surface area contributed by atoms with Gasteiger partial charge in [0.1, 0.15) is 0 Å². The molecule has 1 amide bonds. The van der Waals surface area contributed by atoms with Gasteiger partial charge in [0.2, 0.25) is 5.91 Å². The minimum atomic E-state index is 0.117. The average Bonchev–Trinajstić information content (AvgIpc) is 3.13. The van der Waals surface area contributed by atoms with Crippen LogP contribution in [0.3, 0.4) is 0 Å². The van der Waals surface area contributed by atoms with Crippen molar-refractivity contribution >= 4 is 32.6 Å². The van der Waals surface area contributed by atoms with Crippen molar-refractivity contribution in [2.45, 2.75) is 34.1 Å². The van der Waals surface area contributed by atoms with Crippen LogP contribution in [0, 0.1) is 13.8 Å². The second-order valence-electron chi connectivity index (χ2n) is 7.27. The molecule has 1 N–H and O–H groups in total. The SMILES string of the molecule is CC[NH+](CC)CCN(C(=O)Cc1ccccc1)c1nc2c(C)c(C)ccc2s1. The van der Waals surface area contributed by atoms with Crippen molar-refractivity contribution in [3.05, 3.63) is 59.2 Å². The van der Waals surface area contributed by atoms with Gasteiger partial charge in [-0.25, -0.2) is 4.98 Å². The number of rotatable bonds is 8. The zero-order chi connectivity index (χ0) is 20.1. The molecule has 1 aromatic heterocycles. The number of nitrogens with one attached hydrogen (secondary N) is 1. The Morgan fingerprint density at radius 3 is 2.46 bits per heavy atom. The lowest BCUT2D eigenvalue weighted by molar-refractivity contribution is -0.894. The molecule has 5 heteroatoms. The Hall–Kier alpha value is -2.24. The summed E-state index contributed by atoms with van der Waals surface area (Å²) in [7, 11) is 0. The highest BCUT2D eigenvalue weighted by Gasteiger charge is 2.22. The largest absolute Gasteiger partial charge is 0.334 e. The molecule has 0 aliphatic carbocycles.